The van der Waals surface area contributed by atoms with Crippen LogP contribution >= 0.6 is 23.2 Å². The Morgan fingerprint density at radius 3 is 2.58 bits per heavy atom. The van der Waals surface area contributed by atoms with Crippen molar-refractivity contribution in [2.24, 2.45) is 0 Å². The van der Waals surface area contributed by atoms with Gasteiger partial charge in [-0.2, -0.15) is 0 Å². The summed E-state index contributed by atoms with van der Waals surface area (Å²) in [5, 5.41) is 0. The Morgan fingerprint density at radius 2 is 2.08 bits per heavy atom. The van der Waals surface area contributed by atoms with Crippen LogP contribution in [0.2, 0.25) is 0 Å². The van der Waals surface area contributed by atoms with E-state index in [9.17, 15) is 0 Å². The molecule has 0 unspecified atom stereocenters. The van der Waals surface area contributed by atoms with Gasteiger partial charge in [0.2, 0.25) is 0 Å². The number of hydrogen-bond acceptors (Lipinski definition) is 1. The average Bonchev–Trinajstić information content (AvgIpc) is 2.05. The van der Waals surface area contributed by atoms with Crippen LogP contribution < -0.4 is 9.20 Å². The second-order valence-electron chi connectivity index (χ2n) is 2.23. The topological polar surface area (TPSA) is 9.23 Å². The third kappa shape index (κ3) is 2.30. The SMILES string of the molecule is COc1ccc([SeH])c(C(Cl)Cl)c1. The molecule has 0 bridgehead atoms. The molecule has 1 rings (SSSR count). The second-order valence-corrected chi connectivity index (χ2v) is 4.33. The van der Waals surface area contributed by atoms with Crippen molar-refractivity contribution in [3.63, 3.8) is 0 Å². The summed E-state index contributed by atoms with van der Waals surface area (Å²) >= 11 is 13.9. The molecular weight excluding hydrogens is 262 g/mol. The monoisotopic (exact) mass is 270 g/mol. The molecule has 0 N–H and O–H groups in total. The Balaban J connectivity index is 3.08. The number of alkyl halides is 2. The molecule has 12 heavy (non-hydrogen) atoms. The minimum atomic E-state index is -0.502. The van der Waals surface area contributed by atoms with E-state index in [1.165, 1.54) is 0 Å². The van der Waals surface area contributed by atoms with Crippen LogP contribution in [0.25, 0.3) is 0 Å². The van der Waals surface area contributed by atoms with Crippen LogP contribution in [0.15, 0.2) is 18.2 Å². The molecule has 1 nitrogen and oxygen atoms in total. The second kappa shape index (κ2) is 4.38. The predicted molar refractivity (Wildman–Crippen MR) is 54.2 cm³/mol. The quantitative estimate of drug-likeness (QED) is 0.587. The zero-order valence-electron chi connectivity index (χ0n) is 6.42. The standard InChI is InChI=1S/C8H8Cl2OSe/c1-11-5-2-3-7(12)6(4-5)8(9)10/h2-4,8,12H,1H3. The first-order chi connectivity index (χ1) is 5.65. The molecule has 0 radical (unpaired) electrons. The maximum atomic E-state index is 5.74. The van der Waals surface area contributed by atoms with E-state index in [0.29, 0.717) is 0 Å². The molecule has 0 fully saturated rings. The molecule has 1 aromatic carbocycles. The van der Waals surface area contributed by atoms with Crippen molar-refractivity contribution < 1.29 is 4.74 Å². The summed E-state index contributed by atoms with van der Waals surface area (Å²) in [5.74, 6) is 0.770. The fraction of sp³-hybridized carbons (Fsp3) is 0.250. The van der Waals surface area contributed by atoms with E-state index in [0.717, 1.165) is 15.8 Å². The molecule has 0 saturated carbocycles. The first kappa shape index (κ1) is 10.2. The van der Waals surface area contributed by atoms with Gasteiger partial charge in [-0.3, -0.25) is 0 Å². The summed E-state index contributed by atoms with van der Waals surface area (Å²) in [5.41, 5.74) is 0.873. The maximum absolute atomic E-state index is 5.74. The minimum absolute atomic E-state index is 0.502. The first-order valence-electron chi connectivity index (χ1n) is 3.30. The normalized spacial score (nSPS) is 10.4. The summed E-state index contributed by atoms with van der Waals surface area (Å²) in [6.45, 7) is 0. The van der Waals surface area contributed by atoms with E-state index in [1.54, 1.807) is 7.11 Å². The summed E-state index contributed by atoms with van der Waals surface area (Å²) in [7, 11) is 1.61. The molecule has 0 aromatic heterocycles. The zero-order valence-corrected chi connectivity index (χ0v) is 9.81. The number of benzene rings is 1. The molecule has 0 atom stereocenters. The zero-order chi connectivity index (χ0) is 9.14. The van der Waals surface area contributed by atoms with Crippen LogP contribution in [0.3, 0.4) is 0 Å². The van der Waals surface area contributed by atoms with Gasteiger partial charge in [0.25, 0.3) is 0 Å². The molecular formula is C8H8Cl2OSe. The van der Waals surface area contributed by atoms with Gasteiger partial charge in [-0.1, -0.05) is 0 Å². The van der Waals surface area contributed by atoms with E-state index in [1.807, 2.05) is 18.2 Å². The molecule has 0 spiro atoms. The summed E-state index contributed by atoms with van der Waals surface area (Å²) in [4.78, 5) is -0.502. The molecule has 4 heteroatoms. The van der Waals surface area contributed by atoms with Crippen molar-refractivity contribution >= 4 is 43.7 Å². The number of halogens is 2. The number of hydrogen-bond donors (Lipinski definition) is 0. The van der Waals surface area contributed by atoms with E-state index in [-0.39, 0.29) is 0 Å². The van der Waals surface area contributed by atoms with Crippen molar-refractivity contribution in [3.8, 4) is 5.75 Å². The van der Waals surface area contributed by atoms with Crippen molar-refractivity contribution in [1.29, 1.82) is 0 Å². The van der Waals surface area contributed by atoms with Crippen LogP contribution in [0.4, 0.5) is 0 Å². The summed E-state index contributed by atoms with van der Waals surface area (Å²) in [6, 6.07) is 5.61. The van der Waals surface area contributed by atoms with Gasteiger partial charge in [-0.25, -0.2) is 0 Å². The summed E-state index contributed by atoms with van der Waals surface area (Å²) < 4.78 is 6.05. The number of methoxy groups -OCH3 is 1. The van der Waals surface area contributed by atoms with Crippen molar-refractivity contribution in [1.82, 2.24) is 0 Å². The molecule has 0 saturated heterocycles. The Labute approximate surface area is 89.8 Å². The van der Waals surface area contributed by atoms with Crippen LogP contribution in [-0.4, -0.2) is 23.1 Å². The van der Waals surface area contributed by atoms with Crippen molar-refractivity contribution in [2.45, 2.75) is 4.84 Å². The van der Waals surface area contributed by atoms with E-state index in [2.05, 4.69) is 16.0 Å². The van der Waals surface area contributed by atoms with Crippen LogP contribution in [-0.2, 0) is 0 Å². The van der Waals surface area contributed by atoms with Gasteiger partial charge in [0.1, 0.15) is 0 Å². The number of rotatable bonds is 2. The molecule has 66 valence electrons. The number of ether oxygens (including phenoxy) is 1. The van der Waals surface area contributed by atoms with Crippen LogP contribution in [0, 0.1) is 0 Å². The predicted octanol–water partition coefficient (Wildman–Crippen LogP) is 1.70. The molecule has 0 aliphatic rings. The van der Waals surface area contributed by atoms with Crippen LogP contribution in [0.1, 0.15) is 10.4 Å². The van der Waals surface area contributed by atoms with Gasteiger partial charge in [0, 0.05) is 0 Å². The third-order valence-electron chi connectivity index (χ3n) is 1.47. The molecule has 1 aromatic rings. The Hall–Kier alpha value is 0.119. The molecule has 0 heterocycles. The molecule has 0 amide bonds. The van der Waals surface area contributed by atoms with Gasteiger partial charge in [-0.05, 0) is 0 Å². The molecule has 0 aliphatic carbocycles. The van der Waals surface area contributed by atoms with Gasteiger partial charge < -0.3 is 0 Å². The fourth-order valence-electron chi connectivity index (χ4n) is 0.834. The van der Waals surface area contributed by atoms with Gasteiger partial charge >= 0.3 is 89.9 Å². The van der Waals surface area contributed by atoms with E-state index < -0.39 is 4.84 Å². The fourth-order valence-corrected chi connectivity index (χ4v) is 2.09. The van der Waals surface area contributed by atoms with Gasteiger partial charge in [-0.15, -0.1) is 0 Å². The van der Waals surface area contributed by atoms with Gasteiger partial charge in [0.05, 0.1) is 0 Å². The van der Waals surface area contributed by atoms with E-state index in [4.69, 9.17) is 27.9 Å². The third-order valence-corrected chi connectivity index (χ3v) is 2.79. The van der Waals surface area contributed by atoms with Gasteiger partial charge in [0.15, 0.2) is 0 Å². The average molecular weight is 270 g/mol. The van der Waals surface area contributed by atoms with Crippen LogP contribution in [0.5, 0.6) is 5.75 Å². The van der Waals surface area contributed by atoms with Crippen molar-refractivity contribution in [2.75, 3.05) is 7.11 Å². The van der Waals surface area contributed by atoms with E-state index >= 15 is 0 Å². The Bertz CT molecular complexity index is 276. The first-order valence-corrected chi connectivity index (χ1v) is 5.11. The van der Waals surface area contributed by atoms with Crippen molar-refractivity contribution in [3.05, 3.63) is 23.8 Å². The molecule has 0 aliphatic heterocycles. The Kier molecular flexibility index (Phi) is 3.73. The Morgan fingerprint density at radius 1 is 1.42 bits per heavy atom. The summed E-state index contributed by atoms with van der Waals surface area (Å²) in [6.07, 6.45) is 0.